The van der Waals surface area contributed by atoms with Crippen LogP contribution in [0.4, 0.5) is 0 Å². The summed E-state index contributed by atoms with van der Waals surface area (Å²) >= 11 is 0. The van der Waals surface area contributed by atoms with Crippen molar-refractivity contribution in [2.24, 2.45) is 0 Å². The minimum absolute atomic E-state index is 0.272. The maximum atomic E-state index is 5.84. The third-order valence-corrected chi connectivity index (χ3v) is 4.27. The maximum Gasteiger partial charge on any atom is 0.222 e. The molecule has 4 rings (SSSR count). The van der Waals surface area contributed by atoms with E-state index < -0.39 is 0 Å². The van der Waals surface area contributed by atoms with Gasteiger partial charge < -0.3 is 13.9 Å². The first-order chi connectivity index (χ1) is 10.4. The van der Waals surface area contributed by atoms with Crippen LogP contribution in [-0.2, 0) is 11.2 Å². The van der Waals surface area contributed by atoms with Gasteiger partial charge in [-0.25, -0.2) is 0 Å². The second kappa shape index (κ2) is 5.48. The number of fused-ring (bicyclic) bond motifs is 1. The first kappa shape index (κ1) is 12.8. The number of aromatic nitrogens is 2. The Morgan fingerprint density at radius 3 is 2.95 bits per heavy atom. The van der Waals surface area contributed by atoms with Crippen molar-refractivity contribution in [3.8, 4) is 5.75 Å². The van der Waals surface area contributed by atoms with Crippen molar-refractivity contribution >= 4 is 0 Å². The molecule has 1 aromatic heterocycles. The van der Waals surface area contributed by atoms with E-state index >= 15 is 0 Å². The normalized spacial score (nSPS) is 24.6. The van der Waals surface area contributed by atoms with Crippen molar-refractivity contribution in [2.75, 3.05) is 19.8 Å². The minimum atomic E-state index is 0.272. The summed E-state index contributed by atoms with van der Waals surface area (Å²) in [5.74, 6) is 3.09. The predicted octanol–water partition coefficient (Wildman–Crippen LogP) is 2.68. The smallest absolute Gasteiger partial charge is 0.222 e. The van der Waals surface area contributed by atoms with Crippen molar-refractivity contribution in [1.82, 2.24) is 10.2 Å². The average molecular weight is 286 g/mol. The number of rotatable bonds is 3. The molecule has 1 fully saturated rings. The molecule has 110 valence electrons. The van der Waals surface area contributed by atoms with E-state index in [1.807, 2.05) is 12.1 Å². The zero-order valence-corrected chi connectivity index (χ0v) is 11.8. The van der Waals surface area contributed by atoms with Crippen molar-refractivity contribution in [1.29, 1.82) is 0 Å². The molecule has 0 spiro atoms. The molecule has 0 bridgehead atoms. The Morgan fingerprint density at radius 1 is 1.10 bits per heavy atom. The first-order valence-electron chi connectivity index (χ1n) is 7.52. The van der Waals surface area contributed by atoms with E-state index in [9.17, 15) is 0 Å². The highest BCUT2D eigenvalue weighted by molar-refractivity contribution is 5.38. The molecule has 2 aliphatic rings. The van der Waals surface area contributed by atoms with Crippen LogP contribution in [0.5, 0.6) is 5.75 Å². The van der Waals surface area contributed by atoms with Crippen LogP contribution < -0.4 is 4.74 Å². The molecule has 2 atom stereocenters. The lowest BCUT2D eigenvalue weighted by Crippen LogP contribution is -2.16. The lowest BCUT2D eigenvalue weighted by Gasteiger charge is -2.24. The van der Waals surface area contributed by atoms with Crippen LogP contribution in [-0.4, -0.2) is 30.0 Å². The number of nitrogens with zero attached hydrogens (tertiary/aromatic N) is 2. The summed E-state index contributed by atoms with van der Waals surface area (Å²) in [5, 5.41) is 8.41. The van der Waals surface area contributed by atoms with Gasteiger partial charge in [-0.1, -0.05) is 18.2 Å². The van der Waals surface area contributed by atoms with Crippen LogP contribution in [0, 0.1) is 0 Å². The Morgan fingerprint density at radius 2 is 2.05 bits per heavy atom. The molecule has 1 aromatic carbocycles. The predicted molar refractivity (Wildman–Crippen MR) is 75.5 cm³/mol. The molecule has 0 radical (unpaired) electrons. The van der Waals surface area contributed by atoms with Gasteiger partial charge in [0.1, 0.15) is 5.75 Å². The molecular weight excluding hydrogens is 268 g/mol. The highest BCUT2D eigenvalue weighted by atomic mass is 16.5. The van der Waals surface area contributed by atoms with Crippen LogP contribution in [0.3, 0.4) is 0 Å². The van der Waals surface area contributed by atoms with E-state index in [0.29, 0.717) is 12.5 Å². The van der Waals surface area contributed by atoms with Gasteiger partial charge in [0.05, 0.1) is 19.1 Å². The highest BCUT2D eigenvalue weighted by Crippen LogP contribution is 2.35. The molecule has 0 amide bonds. The summed E-state index contributed by atoms with van der Waals surface area (Å²) in [4.78, 5) is 0. The van der Waals surface area contributed by atoms with Crippen molar-refractivity contribution in [2.45, 2.75) is 31.1 Å². The molecule has 2 aliphatic heterocycles. The lowest BCUT2D eigenvalue weighted by molar-refractivity contribution is 0.190. The Kier molecular flexibility index (Phi) is 3.35. The van der Waals surface area contributed by atoms with Crippen molar-refractivity contribution in [3.63, 3.8) is 0 Å². The summed E-state index contributed by atoms with van der Waals surface area (Å²) < 4.78 is 16.9. The van der Waals surface area contributed by atoms with Crippen LogP contribution >= 0.6 is 0 Å². The highest BCUT2D eigenvalue weighted by Gasteiger charge is 2.26. The zero-order chi connectivity index (χ0) is 14.1. The van der Waals surface area contributed by atoms with Gasteiger partial charge in [-0.05, 0) is 30.4 Å². The largest absolute Gasteiger partial charge is 0.493 e. The molecule has 1 saturated heterocycles. The van der Waals surface area contributed by atoms with Gasteiger partial charge in [0.25, 0.3) is 0 Å². The fourth-order valence-corrected chi connectivity index (χ4v) is 3.08. The van der Waals surface area contributed by atoms with Gasteiger partial charge in [0.15, 0.2) is 0 Å². The summed E-state index contributed by atoms with van der Waals surface area (Å²) in [7, 11) is 0. The van der Waals surface area contributed by atoms with E-state index in [4.69, 9.17) is 13.9 Å². The van der Waals surface area contributed by atoms with E-state index in [0.717, 1.165) is 50.0 Å². The molecule has 0 aliphatic carbocycles. The van der Waals surface area contributed by atoms with Crippen LogP contribution in [0.2, 0.25) is 0 Å². The third kappa shape index (κ3) is 2.53. The molecule has 3 heterocycles. The van der Waals surface area contributed by atoms with E-state index in [1.165, 1.54) is 5.56 Å². The van der Waals surface area contributed by atoms with Gasteiger partial charge in [-0.2, -0.15) is 0 Å². The third-order valence-electron chi connectivity index (χ3n) is 4.27. The number of hydrogen-bond acceptors (Lipinski definition) is 5. The summed E-state index contributed by atoms with van der Waals surface area (Å²) in [5.41, 5.74) is 1.24. The number of para-hydroxylation sites is 1. The lowest BCUT2D eigenvalue weighted by atomic mass is 9.90. The van der Waals surface area contributed by atoms with Gasteiger partial charge >= 0.3 is 0 Å². The van der Waals surface area contributed by atoms with Gasteiger partial charge in [-0.15, -0.1) is 10.2 Å². The minimum Gasteiger partial charge on any atom is -0.493 e. The Labute approximate surface area is 123 Å². The standard InChI is InChI=1S/C16H18N2O3/c1-2-4-14-13(3-1)11(6-8-20-14)9-15-17-18-16(21-15)12-5-7-19-10-12/h1-4,11-12H,5-10H2/t11-,12+/m0/s1. The zero-order valence-electron chi connectivity index (χ0n) is 11.8. The maximum absolute atomic E-state index is 5.84. The second-order valence-corrected chi connectivity index (χ2v) is 5.67. The fourth-order valence-electron chi connectivity index (χ4n) is 3.08. The van der Waals surface area contributed by atoms with Crippen LogP contribution in [0.1, 0.15) is 42.0 Å². The quantitative estimate of drug-likeness (QED) is 0.868. The number of hydrogen-bond donors (Lipinski definition) is 0. The Bertz CT molecular complexity index is 619. The molecule has 0 unspecified atom stereocenters. The van der Waals surface area contributed by atoms with Crippen LogP contribution in [0.15, 0.2) is 28.7 Å². The fraction of sp³-hybridized carbons (Fsp3) is 0.500. The Hall–Kier alpha value is -1.88. The Balaban J connectivity index is 1.51. The monoisotopic (exact) mass is 286 g/mol. The summed E-state index contributed by atoms with van der Waals surface area (Å²) in [6, 6.07) is 8.21. The first-order valence-corrected chi connectivity index (χ1v) is 7.52. The van der Waals surface area contributed by atoms with Crippen molar-refractivity contribution < 1.29 is 13.9 Å². The SMILES string of the molecule is c1ccc2c(c1)OCC[C@H]2Cc1nnc([C@@H]2CCOC2)o1. The van der Waals surface area contributed by atoms with Gasteiger partial charge in [-0.3, -0.25) is 0 Å². The van der Waals surface area contributed by atoms with E-state index in [2.05, 4.69) is 22.3 Å². The summed E-state index contributed by atoms with van der Waals surface area (Å²) in [6.07, 6.45) is 2.74. The molecule has 2 aromatic rings. The average Bonchev–Trinajstić information content (AvgIpc) is 3.18. The van der Waals surface area contributed by atoms with Crippen molar-refractivity contribution in [3.05, 3.63) is 41.6 Å². The van der Waals surface area contributed by atoms with Gasteiger partial charge in [0.2, 0.25) is 11.8 Å². The topological polar surface area (TPSA) is 57.4 Å². The summed E-state index contributed by atoms with van der Waals surface area (Å²) in [6.45, 7) is 2.23. The molecule has 5 nitrogen and oxygen atoms in total. The molecule has 0 N–H and O–H groups in total. The number of ether oxygens (including phenoxy) is 2. The number of benzene rings is 1. The molecular formula is C16H18N2O3. The molecule has 21 heavy (non-hydrogen) atoms. The molecule has 5 heteroatoms. The second-order valence-electron chi connectivity index (χ2n) is 5.67. The van der Waals surface area contributed by atoms with E-state index in [1.54, 1.807) is 0 Å². The van der Waals surface area contributed by atoms with Crippen LogP contribution in [0.25, 0.3) is 0 Å². The molecule has 0 saturated carbocycles. The van der Waals surface area contributed by atoms with Gasteiger partial charge in [0, 0.05) is 13.0 Å². The van der Waals surface area contributed by atoms with E-state index in [-0.39, 0.29) is 5.92 Å².